The van der Waals surface area contributed by atoms with Crippen molar-refractivity contribution in [2.45, 2.75) is 18.2 Å². The van der Waals surface area contributed by atoms with Gasteiger partial charge in [-0.05, 0) is 37.0 Å². The van der Waals surface area contributed by atoms with Crippen molar-refractivity contribution in [2.24, 2.45) is 5.92 Å². The van der Waals surface area contributed by atoms with Crippen molar-refractivity contribution in [1.82, 2.24) is 0 Å². The normalized spacial score (nSPS) is 19.0. The summed E-state index contributed by atoms with van der Waals surface area (Å²) in [5.41, 5.74) is 0.737. The van der Waals surface area contributed by atoms with Crippen LogP contribution < -0.4 is 4.74 Å². The molecule has 0 spiro atoms. The Labute approximate surface area is 106 Å². The summed E-state index contributed by atoms with van der Waals surface area (Å²) in [6.07, 6.45) is 1.82. The van der Waals surface area contributed by atoms with Gasteiger partial charge in [0.25, 0.3) is 0 Å². The third-order valence-corrected chi connectivity index (χ3v) is 3.76. The molecule has 1 aliphatic rings. The van der Waals surface area contributed by atoms with Crippen LogP contribution in [0.25, 0.3) is 0 Å². The fraction of sp³-hybridized carbons (Fsp3) is 0.538. The first-order chi connectivity index (χ1) is 8.22. The maximum atomic E-state index is 13.3. The first kappa shape index (κ1) is 12.7. The van der Waals surface area contributed by atoms with Crippen LogP contribution in [0.2, 0.25) is 0 Å². The lowest BCUT2D eigenvalue weighted by molar-refractivity contribution is 0.0648. The molecule has 2 rings (SSSR count). The SMILES string of the molecule is COc1ccc(F)cc1C(Cl)C1CCOCC1. The molecule has 1 heterocycles. The summed E-state index contributed by atoms with van der Waals surface area (Å²) in [4.78, 5) is 0. The van der Waals surface area contributed by atoms with Crippen molar-refractivity contribution in [3.63, 3.8) is 0 Å². The van der Waals surface area contributed by atoms with Crippen molar-refractivity contribution in [3.05, 3.63) is 29.6 Å². The van der Waals surface area contributed by atoms with E-state index in [1.807, 2.05) is 0 Å². The van der Waals surface area contributed by atoms with Gasteiger partial charge in [0.15, 0.2) is 0 Å². The van der Waals surface area contributed by atoms with Crippen molar-refractivity contribution in [3.8, 4) is 5.75 Å². The lowest BCUT2D eigenvalue weighted by Gasteiger charge is -2.27. The quantitative estimate of drug-likeness (QED) is 0.772. The number of benzene rings is 1. The molecule has 2 nitrogen and oxygen atoms in total. The number of rotatable bonds is 3. The second-order valence-electron chi connectivity index (χ2n) is 4.24. The van der Waals surface area contributed by atoms with E-state index in [0.29, 0.717) is 11.7 Å². The fourth-order valence-electron chi connectivity index (χ4n) is 2.18. The molecular weight excluding hydrogens is 243 g/mol. The topological polar surface area (TPSA) is 18.5 Å². The summed E-state index contributed by atoms with van der Waals surface area (Å²) in [7, 11) is 1.57. The summed E-state index contributed by atoms with van der Waals surface area (Å²) >= 11 is 6.44. The molecule has 1 aromatic carbocycles. The van der Waals surface area contributed by atoms with E-state index in [4.69, 9.17) is 21.1 Å². The highest BCUT2D eigenvalue weighted by atomic mass is 35.5. The Morgan fingerprint density at radius 1 is 1.41 bits per heavy atom. The Morgan fingerprint density at radius 3 is 2.76 bits per heavy atom. The van der Waals surface area contributed by atoms with Gasteiger partial charge in [-0.1, -0.05) is 0 Å². The zero-order valence-electron chi connectivity index (χ0n) is 9.79. The van der Waals surface area contributed by atoms with Gasteiger partial charge in [0.1, 0.15) is 11.6 Å². The van der Waals surface area contributed by atoms with E-state index in [9.17, 15) is 4.39 Å². The molecule has 0 bridgehead atoms. The Hall–Kier alpha value is -0.800. The lowest BCUT2D eigenvalue weighted by atomic mass is 9.91. The zero-order chi connectivity index (χ0) is 12.3. The van der Waals surface area contributed by atoms with E-state index in [2.05, 4.69) is 0 Å². The van der Waals surface area contributed by atoms with Crippen LogP contribution in [0.1, 0.15) is 23.8 Å². The Kier molecular flexibility index (Phi) is 4.24. The van der Waals surface area contributed by atoms with E-state index < -0.39 is 0 Å². The summed E-state index contributed by atoms with van der Waals surface area (Å²) in [6, 6.07) is 4.47. The first-order valence-corrected chi connectivity index (χ1v) is 6.21. The molecule has 1 fully saturated rings. The predicted molar refractivity (Wildman–Crippen MR) is 65.1 cm³/mol. The summed E-state index contributed by atoms with van der Waals surface area (Å²) < 4.78 is 23.8. The van der Waals surface area contributed by atoms with E-state index in [-0.39, 0.29) is 11.2 Å². The minimum atomic E-state index is -0.279. The van der Waals surface area contributed by atoms with Crippen LogP contribution in [0.4, 0.5) is 4.39 Å². The van der Waals surface area contributed by atoms with Crippen LogP contribution in [-0.4, -0.2) is 20.3 Å². The van der Waals surface area contributed by atoms with Crippen LogP contribution in [-0.2, 0) is 4.74 Å². The van der Waals surface area contributed by atoms with Crippen LogP contribution in [0.15, 0.2) is 18.2 Å². The molecule has 1 saturated heterocycles. The smallest absolute Gasteiger partial charge is 0.123 e. The summed E-state index contributed by atoms with van der Waals surface area (Å²) in [5, 5.41) is -0.218. The minimum absolute atomic E-state index is 0.218. The summed E-state index contributed by atoms with van der Waals surface area (Å²) in [6.45, 7) is 1.46. The van der Waals surface area contributed by atoms with Crippen molar-refractivity contribution >= 4 is 11.6 Å². The molecule has 4 heteroatoms. The molecule has 94 valence electrons. The number of hydrogen-bond donors (Lipinski definition) is 0. The van der Waals surface area contributed by atoms with Gasteiger partial charge >= 0.3 is 0 Å². The number of hydrogen-bond acceptors (Lipinski definition) is 2. The second kappa shape index (κ2) is 5.69. The van der Waals surface area contributed by atoms with E-state index in [0.717, 1.165) is 31.6 Å². The van der Waals surface area contributed by atoms with Gasteiger partial charge in [0, 0.05) is 18.8 Å². The van der Waals surface area contributed by atoms with E-state index >= 15 is 0 Å². The molecule has 1 aliphatic heterocycles. The van der Waals surface area contributed by atoms with Crippen molar-refractivity contribution in [2.75, 3.05) is 20.3 Å². The Bertz CT molecular complexity index is 378. The van der Waals surface area contributed by atoms with Gasteiger partial charge in [-0.3, -0.25) is 0 Å². The molecule has 0 radical (unpaired) electrons. The van der Waals surface area contributed by atoms with Gasteiger partial charge in [0.2, 0.25) is 0 Å². The van der Waals surface area contributed by atoms with Crippen LogP contribution >= 0.6 is 11.6 Å². The largest absolute Gasteiger partial charge is 0.496 e. The average Bonchev–Trinajstić information content (AvgIpc) is 2.39. The van der Waals surface area contributed by atoms with Gasteiger partial charge < -0.3 is 9.47 Å². The lowest BCUT2D eigenvalue weighted by Crippen LogP contribution is -2.19. The van der Waals surface area contributed by atoms with Crippen LogP contribution in [0.5, 0.6) is 5.75 Å². The molecule has 1 aromatic rings. The molecule has 0 aliphatic carbocycles. The number of ether oxygens (including phenoxy) is 2. The summed E-state index contributed by atoms with van der Waals surface area (Å²) in [5.74, 6) is 0.692. The second-order valence-corrected chi connectivity index (χ2v) is 4.71. The number of alkyl halides is 1. The first-order valence-electron chi connectivity index (χ1n) is 5.77. The van der Waals surface area contributed by atoms with Crippen LogP contribution in [0.3, 0.4) is 0 Å². The Morgan fingerprint density at radius 2 is 2.12 bits per heavy atom. The number of methoxy groups -OCH3 is 1. The third-order valence-electron chi connectivity index (χ3n) is 3.17. The highest BCUT2D eigenvalue weighted by Gasteiger charge is 2.26. The maximum absolute atomic E-state index is 13.3. The molecule has 0 amide bonds. The fourth-order valence-corrected chi connectivity index (χ4v) is 2.61. The van der Waals surface area contributed by atoms with Gasteiger partial charge in [-0.25, -0.2) is 4.39 Å². The van der Waals surface area contributed by atoms with Crippen LogP contribution in [0, 0.1) is 11.7 Å². The highest BCUT2D eigenvalue weighted by molar-refractivity contribution is 6.21. The molecular formula is C13H16ClFO2. The Balaban J connectivity index is 2.21. The highest BCUT2D eigenvalue weighted by Crippen LogP contribution is 2.39. The van der Waals surface area contributed by atoms with Crippen molar-refractivity contribution in [1.29, 1.82) is 0 Å². The minimum Gasteiger partial charge on any atom is -0.496 e. The van der Waals surface area contributed by atoms with E-state index in [1.54, 1.807) is 13.2 Å². The van der Waals surface area contributed by atoms with Gasteiger partial charge in [-0.15, -0.1) is 11.6 Å². The third kappa shape index (κ3) is 2.90. The molecule has 17 heavy (non-hydrogen) atoms. The molecule has 0 saturated carbocycles. The van der Waals surface area contributed by atoms with Gasteiger partial charge in [-0.2, -0.15) is 0 Å². The standard InChI is InChI=1S/C13H16ClFO2/c1-16-12-3-2-10(15)8-11(12)13(14)9-4-6-17-7-5-9/h2-3,8-9,13H,4-7H2,1H3. The monoisotopic (exact) mass is 258 g/mol. The molecule has 1 unspecified atom stereocenters. The number of halogens is 2. The van der Waals surface area contributed by atoms with Crippen molar-refractivity contribution < 1.29 is 13.9 Å². The van der Waals surface area contributed by atoms with Gasteiger partial charge in [0.05, 0.1) is 12.5 Å². The molecule has 1 atom stereocenters. The molecule has 0 N–H and O–H groups in total. The predicted octanol–water partition coefficient (Wildman–Crippen LogP) is 3.54. The maximum Gasteiger partial charge on any atom is 0.123 e. The zero-order valence-corrected chi connectivity index (χ0v) is 10.5. The van der Waals surface area contributed by atoms with E-state index in [1.165, 1.54) is 12.1 Å². The average molecular weight is 259 g/mol. The molecule has 0 aromatic heterocycles.